The zero-order chi connectivity index (χ0) is 13.0. The highest BCUT2D eigenvalue weighted by molar-refractivity contribution is 5.58. The standard InChI is InChI=1S/C13H16N4O/c1-9-7-10(3-4-11(9)18-2)16-12-5-6-15-13(8-14)17-12/h3-7H,8,14H2,1-2H3,(H,15,16,17). The number of benzene rings is 1. The summed E-state index contributed by atoms with van der Waals surface area (Å²) in [6.07, 6.45) is 1.69. The van der Waals surface area contributed by atoms with Gasteiger partial charge in [-0.15, -0.1) is 0 Å². The van der Waals surface area contributed by atoms with Gasteiger partial charge in [0.25, 0.3) is 0 Å². The van der Waals surface area contributed by atoms with Crippen LogP contribution < -0.4 is 15.8 Å². The average Bonchev–Trinajstić information content (AvgIpc) is 2.39. The smallest absolute Gasteiger partial charge is 0.144 e. The zero-order valence-corrected chi connectivity index (χ0v) is 10.5. The van der Waals surface area contributed by atoms with E-state index in [1.807, 2.05) is 25.1 Å². The Morgan fingerprint density at radius 3 is 2.83 bits per heavy atom. The van der Waals surface area contributed by atoms with Crippen LogP contribution in [0.15, 0.2) is 30.5 Å². The molecule has 2 aromatic rings. The minimum Gasteiger partial charge on any atom is -0.496 e. The molecule has 0 bridgehead atoms. The maximum atomic E-state index is 5.50. The second kappa shape index (κ2) is 5.46. The summed E-state index contributed by atoms with van der Waals surface area (Å²) >= 11 is 0. The summed E-state index contributed by atoms with van der Waals surface area (Å²) in [4.78, 5) is 8.33. The van der Waals surface area contributed by atoms with E-state index in [0.717, 1.165) is 22.8 Å². The van der Waals surface area contributed by atoms with Gasteiger partial charge < -0.3 is 15.8 Å². The molecular weight excluding hydrogens is 228 g/mol. The van der Waals surface area contributed by atoms with E-state index >= 15 is 0 Å². The number of hydrogen-bond donors (Lipinski definition) is 2. The van der Waals surface area contributed by atoms with E-state index < -0.39 is 0 Å². The van der Waals surface area contributed by atoms with Gasteiger partial charge in [-0.2, -0.15) is 0 Å². The van der Waals surface area contributed by atoms with Crippen LogP contribution in [-0.2, 0) is 6.54 Å². The number of aryl methyl sites for hydroxylation is 1. The quantitative estimate of drug-likeness (QED) is 0.860. The fraction of sp³-hybridized carbons (Fsp3) is 0.231. The van der Waals surface area contributed by atoms with Crippen LogP contribution in [0.1, 0.15) is 11.4 Å². The molecule has 0 atom stereocenters. The number of methoxy groups -OCH3 is 1. The summed E-state index contributed by atoms with van der Waals surface area (Å²) in [6.45, 7) is 2.33. The molecule has 0 aliphatic rings. The van der Waals surface area contributed by atoms with Crippen molar-refractivity contribution in [2.24, 2.45) is 5.73 Å². The summed E-state index contributed by atoms with van der Waals surface area (Å²) in [7, 11) is 1.66. The van der Waals surface area contributed by atoms with Crippen LogP contribution in [0, 0.1) is 6.92 Å². The number of anilines is 2. The van der Waals surface area contributed by atoms with Gasteiger partial charge in [0, 0.05) is 11.9 Å². The van der Waals surface area contributed by atoms with Crippen LogP contribution in [0.3, 0.4) is 0 Å². The van der Waals surface area contributed by atoms with Crippen LogP contribution in [0.5, 0.6) is 5.75 Å². The lowest BCUT2D eigenvalue weighted by atomic mass is 10.2. The van der Waals surface area contributed by atoms with Crippen molar-refractivity contribution in [3.05, 3.63) is 41.9 Å². The molecule has 0 saturated carbocycles. The van der Waals surface area contributed by atoms with Crippen LogP contribution >= 0.6 is 0 Å². The number of aromatic nitrogens is 2. The van der Waals surface area contributed by atoms with Gasteiger partial charge in [0.05, 0.1) is 13.7 Å². The largest absolute Gasteiger partial charge is 0.496 e. The van der Waals surface area contributed by atoms with Gasteiger partial charge >= 0.3 is 0 Å². The third kappa shape index (κ3) is 2.75. The Kier molecular flexibility index (Phi) is 3.74. The average molecular weight is 244 g/mol. The Hall–Kier alpha value is -2.14. The van der Waals surface area contributed by atoms with Gasteiger partial charge in [-0.1, -0.05) is 0 Å². The predicted octanol–water partition coefficient (Wildman–Crippen LogP) is 2.00. The minimum absolute atomic E-state index is 0.331. The maximum absolute atomic E-state index is 5.50. The Labute approximate surface area is 106 Å². The topological polar surface area (TPSA) is 73.1 Å². The van der Waals surface area contributed by atoms with E-state index in [1.165, 1.54) is 0 Å². The SMILES string of the molecule is COc1ccc(Nc2ccnc(CN)n2)cc1C. The fourth-order valence-corrected chi connectivity index (χ4v) is 1.67. The van der Waals surface area contributed by atoms with E-state index in [2.05, 4.69) is 15.3 Å². The molecule has 1 heterocycles. The van der Waals surface area contributed by atoms with Gasteiger partial charge in [0.1, 0.15) is 17.4 Å². The molecule has 5 nitrogen and oxygen atoms in total. The van der Waals surface area contributed by atoms with Crippen molar-refractivity contribution >= 4 is 11.5 Å². The lowest BCUT2D eigenvalue weighted by molar-refractivity contribution is 0.412. The third-order valence-corrected chi connectivity index (χ3v) is 2.56. The first-order valence-corrected chi connectivity index (χ1v) is 5.66. The fourth-order valence-electron chi connectivity index (χ4n) is 1.67. The number of nitrogens with one attached hydrogen (secondary N) is 1. The summed E-state index contributed by atoms with van der Waals surface area (Å²) in [5.41, 5.74) is 7.52. The molecule has 3 N–H and O–H groups in total. The Morgan fingerprint density at radius 1 is 1.33 bits per heavy atom. The molecule has 0 amide bonds. The third-order valence-electron chi connectivity index (χ3n) is 2.56. The Morgan fingerprint density at radius 2 is 2.17 bits per heavy atom. The summed E-state index contributed by atoms with van der Waals surface area (Å²) in [6, 6.07) is 7.67. The molecule has 1 aromatic heterocycles. The van der Waals surface area contributed by atoms with Crippen molar-refractivity contribution in [2.75, 3.05) is 12.4 Å². The number of nitrogens with two attached hydrogens (primary N) is 1. The monoisotopic (exact) mass is 244 g/mol. The van der Waals surface area contributed by atoms with Crippen LogP contribution in [0.2, 0.25) is 0 Å². The molecule has 0 unspecified atom stereocenters. The van der Waals surface area contributed by atoms with Crippen molar-refractivity contribution in [3.63, 3.8) is 0 Å². The van der Waals surface area contributed by atoms with Gasteiger partial charge in [0.2, 0.25) is 0 Å². The number of rotatable bonds is 4. The molecule has 94 valence electrons. The molecule has 0 saturated heterocycles. The van der Waals surface area contributed by atoms with Crippen LogP contribution in [0.4, 0.5) is 11.5 Å². The normalized spacial score (nSPS) is 10.2. The van der Waals surface area contributed by atoms with Crippen LogP contribution in [0.25, 0.3) is 0 Å². The van der Waals surface area contributed by atoms with Crippen molar-refractivity contribution < 1.29 is 4.74 Å². The first-order chi connectivity index (χ1) is 8.72. The molecule has 0 spiro atoms. The van der Waals surface area contributed by atoms with Gasteiger partial charge in [0.15, 0.2) is 0 Å². The molecule has 5 heteroatoms. The highest BCUT2D eigenvalue weighted by atomic mass is 16.5. The molecular formula is C13H16N4O. The van der Waals surface area contributed by atoms with Crippen molar-refractivity contribution in [2.45, 2.75) is 13.5 Å². The predicted molar refractivity (Wildman–Crippen MR) is 70.9 cm³/mol. The number of ether oxygens (including phenoxy) is 1. The first-order valence-electron chi connectivity index (χ1n) is 5.66. The van der Waals surface area contributed by atoms with Crippen molar-refractivity contribution in [1.82, 2.24) is 9.97 Å². The van der Waals surface area contributed by atoms with E-state index in [9.17, 15) is 0 Å². The van der Waals surface area contributed by atoms with E-state index in [4.69, 9.17) is 10.5 Å². The number of hydrogen-bond acceptors (Lipinski definition) is 5. The lowest BCUT2D eigenvalue weighted by Gasteiger charge is -2.09. The summed E-state index contributed by atoms with van der Waals surface area (Å²) in [5, 5.41) is 3.21. The van der Waals surface area contributed by atoms with E-state index in [1.54, 1.807) is 19.4 Å². The van der Waals surface area contributed by atoms with E-state index in [0.29, 0.717) is 12.4 Å². The number of nitrogens with zero attached hydrogens (tertiary/aromatic N) is 2. The maximum Gasteiger partial charge on any atom is 0.144 e. The van der Waals surface area contributed by atoms with Gasteiger partial charge in [-0.3, -0.25) is 0 Å². The molecule has 0 radical (unpaired) electrons. The van der Waals surface area contributed by atoms with Gasteiger partial charge in [-0.25, -0.2) is 9.97 Å². The highest BCUT2D eigenvalue weighted by Gasteiger charge is 2.02. The summed E-state index contributed by atoms with van der Waals surface area (Å²) < 4.78 is 5.22. The first kappa shape index (κ1) is 12.3. The van der Waals surface area contributed by atoms with Crippen LogP contribution in [-0.4, -0.2) is 17.1 Å². The molecule has 18 heavy (non-hydrogen) atoms. The van der Waals surface area contributed by atoms with Crippen molar-refractivity contribution in [1.29, 1.82) is 0 Å². The molecule has 2 rings (SSSR count). The molecule has 0 aliphatic heterocycles. The minimum atomic E-state index is 0.331. The van der Waals surface area contributed by atoms with Gasteiger partial charge in [-0.05, 0) is 36.8 Å². The lowest BCUT2D eigenvalue weighted by Crippen LogP contribution is -2.04. The second-order valence-corrected chi connectivity index (χ2v) is 3.87. The second-order valence-electron chi connectivity index (χ2n) is 3.87. The molecule has 1 aromatic carbocycles. The highest BCUT2D eigenvalue weighted by Crippen LogP contribution is 2.23. The zero-order valence-electron chi connectivity index (χ0n) is 10.5. The van der Waals surface area contributed by atoms with Crippen molar-refractivity contribution in [3.8, 4) is 5.75 Å². The Bertz CT molecular complexity index is 542. The van der Waals surface area contributed by atoms with E-state index in [-0.39, 0.29) is 0 Å². The Balaban J connectivity index is 2.20. The molecule has 0 fully saturated rings. The molecule has 0 aliphatic carbocycles. The summed E-state index contributed by atoms with van der Waals surface area (Å²) in [5.74, 6) is 2.21.